The number of methoxy groups -OCH3 is 2. The van der Waals surface area contributed by atoms with E-state index in [2.05, 4.69) is 0 Å². The molecular formula is C27H21NO6S. The number of aromatic hydroxyl groups is 1. The standard InChI is InChI=1S/C27H21NO6S/c1-32-17-12-10-16(11-13-17)15-28-21-9-4-3-8-20(21)24-22(26(28)30)23(29)25(27(31)34-24)35-19-7-5-6-18(14-19)33-2/h3-14,29H,15H2,1-2H3. The Labute approximate surface area is 204 Å². The van der Waals surface area contributed by atoms with Gasteiger partial charge in [-0.15, -0.1) is 0 Å². The molecule has 0 bridgehead atoms. The van der Waals surface area contributed by atoms with Crippen molar-refractivity contribution in [2.24, 2.45) is 0 Å². The highest BCUT2D eigenvalue weighted by atomic mass is 32.2. The van der Waals surface area contributed by atoms with Gasteiger partial charge in [-0.05, 0) is 48.0 Å². The monoisotopic (exact) mass is 487 g/mol. The Morgan fingerprint density at radius 3 is 2.40 bits per heavy atom. The Morgan fingerprint density at radius 2 is 1.66 bits per heavy atom. The number of hydrogen-bond donors (Lipinski definition) is 1. The Hall–Kier alpha value is -4.17. The number of benzene rings is 3. The molecule has 0 saturated heterocycles. The van der Waals surface area contributed by atoms with E-state index in [9.17, 15) is 14.7 Å². The van der Waals surface area contributed by atoms with Crippen molar-refractivity contribution in [2.45, 2.75) is 16.3 Å². The minimum absolute atomic E-state index is 0.0396. The summed E-state index contributed by atoms with van der Waals surface area (Å²) in [6, 6.07) is 21.6. The molecule has 35 heavy (non-hydrogen) atoms. The summed E-state index contributed by atoms with van der Waals surface area (Å²) in [5, 5.41) is 11.7. The maximum absolute atomic E-state index is 13.7. The van der Waals surface area contributed by atoms with Crippen LogP contribution in [-0.4, -0.2) is 23.9 Å². The highest BCUT2D eigenvalue weighted by molar-refractivity contribution is 7.99. The molecule has 0 saturated carbocycles. The first kappa shape index (κ1) is 22.6. The van der Waals surface area contributed by atoms with Crippen molar-refractivity contribution in [3.8, 4) is 17.2 Å². The SMILES string of the molecule is COc1ccc(Cn2c(=O)c3c(O)c(Sc4cccc(OC)c4)c(=O)oc3c3ccccc32)cc1. The molecule has 2 heterocycles. The third kappa shape index (κ3) is 4.13. The number of para-hydroxylation sites is 1. The Bertz CT molecular complexity index is 1670. The second kappa shape index (κ2) is 9.23. The number of aromatic nitrogens is 1. The molecule has 0 aliphatic heterocycles. The molecule has 0 aliphatic carbocycles. The van der Waals surface area contributed by atoms with Gasteiger partial charge in [0.05, 0.1) is 26.3 Å². The quantitative estimate of drug-likeness (QED) is 0.336. The average molecular weight is 488 g/mol. The molecule has 176 valence electrons. The van der Waals surface area contributed by atoms with E-state index in [4.69, 9.17) is 13.9 Å². The van der Waals surface area contributed by atoms with Gasteiger partial charge in [-0.1, -0.05) is 42.1 Å². The second-order valence-electron chi connectivity index (χ2n) is 7.81. The Morgan fingerprint density at radius 1 is 0.914 bits per heavy atom. The molecule has 0 atom stereocenters. The van der Waals surface area contributed by atoms with Gasteiger partial charge in [0.1, 0.15) is 21.8 Å². The maximum Gasteiger partial charge on any atom is 0.354 e. The molecule has 2 aromatic heterocycles. The van der Waals surface area contributed by atoms with Crippen LogP contribution in [0.4, 0.5) is 0 Å². The average Bonchev–Trinajstić information content (AvgIpc) is 2.89. The van der Waals surface area contributed by atoms with Crippen molar-refractivity contribution >= 4 is 33.6 Å². The molecule has 7 nitrogen and oxygen atoms in total. The molecule has 0 fully saturated rings. The summed E-state index contributed by atoms with van der Waals surface area (Å²) in [6.07, 6.45) is 0. The summed E-state index contributed by atoms with van der Waals surface area (Å²) in [6.45, 7) is 0.260. The third-order valence-electron chi connectivity index (χ3n) is 5.72. The number of hydrogen-bond acceptors (Lipinski definition) is 7. The van der Waals surface area contributed by atoms with Gasteiger partial charge in [-0.3, -0.25) is 4.79 Å². The van der Waals surface area contributed by atoms with Gasteiger partial charge < -0.3 is 23.6 Å². The van der Waals surface area contributed by atoms with Crippen LogP contribution >= 0.6 is 11.8 Å². The predicted octanol–water partition coefficient (Wildman–Crippen LogP) is 5.03. The van der Waals surface area contributed by atoms with Crippen molar-refractivity contribution in [3.05, 3.63) is 99.1 Å². The topological polar surface area (TPSA) is 90.9 Å². The molecule has 1 N–H and O–H groups in total. The van der Waals surface area contributed by atoms with E-state index < -0.39 is 16.9 Å². The largest absolute Gasteiger partial charge is 0.505 e. The van der Waals surface area contributed by atoms with Crippen LogP contribution < -0.4 is 20.7 Å². The highest BCUT2D eigenvalue weighted by Gasteiger charge is 2.22. The van der Waals surface area contributed by atoms with E-state index in [1.165, 1.54) is 0 Å². The Kier molecular flexibility index (Phi) is 5.96. The first-order chi connectivity index (χ1) is 17.0. The zero-order chi connectivity index (χ0) is 24.5. The van der Waals surface area contributed by atoms with E-state index in [0.29, 0.717) is 27.3 Å². The smallest absolute Gasteiger partial charge is 0.354 e. The highest BCUT2D eigenvalue weighted by Crippen LogP contribution is 2.38. The lowest BCUT2D eigenvalue weighted by molar-refractivity contribution is 0.413. The van der Waals surface area contributed by atoms with Crippen LogP contribution in [0.3, 0.4) is 0 Å². The molecule has 5 rings (SSSR count). The van der Waals surface area contributed by atoms with Crippen LogP contribution in [0.5, 0.6) is 17.2 Å². The van der Waals surface area contributed by atoms with E-state index in [0.717, 1.165) is 17.3 Å². The first-order valence-corrected chi connectivity index (χ1v) is 11.6. The summed E-state index contributed by atoms with van der Waals surface area (Å²) in [5.74, 6) is 0.916. The van der Waals surface area contributed by atoms with Crippen LogP contribution in [0.15, 0.2) is 96.6 Å². The second-order valence-corrected chi connectivity index (χ2v) is 8.89. The lowest BCUT2D eigenvalue weighted by Crippen LogP contribution is -2.22. The minimum Gasteiger partial charge on any atom is -0.505 e. The molecule has 0 radical (unpaired) electrons. The van der Waals surface area contributed by atoms with E-state index in [1.54, 1.807) is 61.3 Å². The molecule has 0 spiro atoms. The van der Waals surface area contributed by atoms with Crippen molar-refractivity contribution in [1.82, 2.24) is 4.57 Å². The Balaban J connectivity index is 1.72. The zero-order valence-electron chi connectivity index (χ0n) is 19.0. The minimum atomic E-state index is -0.722. The van der Waals surface area contributed by atoms with Crippen LogP contribution in [0.2, 0.25) is 0 Å². The van der Waals surface area contributed by atoms with Crippen molar-refractivity contribution in [3.63, 3.8) is 0 Å². The van der Waals surface area contributed by atoms with Crippen molar-refractivity contribution < 1.29 is 19.0 Å². The maximum atomic E-state index is 13.7. The van der Waals surface area contributed by atoms with Crippen LogP contribution in [-0.2, 0) is 6.54 Å². The lowest BCUT2D eigenvalue weighted by atomic mass is 10.1. The van der Waals surface area contributed by atoms with Gasteiger partial charge in [0.2, 0.25) is 0 Å². The van der Waals surface area contributed by atoms with E-state index in [1.807, 2.05) is 30.3 Å². The fourth-order valence-corrected chi connectivity index (χ4v) is 4.87. The molecular weight excluding hydrogens is 466 g/mol. The van der Waals surface area contributed by atoms with Crippen molar-refractivity contribution in [1.29, 1.82) is 0 Å². The fourth-order valence-electron chi connectivity index (χ4n) is 3.98. The molecule has 3 aromatic carbocycles. The van der Waals surface area contributed by atoms with Gasteiger partial charge in [0.25, 0.3) is 5.56 Å². The summed E-state index contributed by atoms with van der Waals surface area (Å²) in [5.41, 5.74) is 0.356. The van der Waals surface area contributed by atoms with Gasteiger partial charge in [-0.25, -0.2) is 4.79 Å². The number of nitrogens with zero attached hydrogens (tertiary/aromatic N) is 1. The van der Waals surface area contributed by atoms with Crippen LogP contribution in [0, 0.1) is 0 Å². The van der Waals surface area contributed by atoms with E-state index >= 15 is 0 Å². The number of ether oxygens (including phenoxy) is 2. The van der Waals surface area contributed by atoms with Gasteiger partial charge in [0, 0.05) is 10.3 Å². The number of rotatable bonds is 6. The normalized spacial score (nSPS) is 11.1. The van der Waals surface area contributed by atoms with Crippen molar-refractivity contribution in [2.75, 3.05) is 14.2 Å². The molecule has 8 heteroatoms. The fraction of sp³-hybridized carbons (Fsp3) is 0.111. The summed E-state index contributed by atoms with van der Waals surface area (Å²) in [7, 11) is 3.13. The third-order valence-corrected chi connectivity index (χ3v) is 6.77. The van der Waals surface area contributed by atoms with Gasteiger partial charge in [0.15, 0.2) is 11.3 Å². The number of pyridine rings is 1. The predicted molar refractivity (Wildman–Crippen MR) is 135 cm³/mol. The van der Waals surface area contributed by atoms with Gasteiger partial charge in [-0.2, -0.15) is 0 Å². The molecule has 0 unspecified atom stereocenters. The molecule has 0 amide bonds. The first-order valence-electron chi connectivity index (χ1n) is 10.8. The summed E-state index contributed by atoms with van der Waals surface area (Å²) < 4.78 is 17.7. The van der Waals surface area contributed by atoms with E-state index in [-0.39, 0.29) is 22.4 Å². The van der Waals surface area contributed by atoms with Gasteiger partial charge >= 0.3 is 5.63 Å². The van der Waals surface area contributed by atoms with Crippen LogP contribution in [0.25, 0.3) is 21.9 Å². The summed E-state index contributed by atoms with van der Waals surface area (Å²) >= 11 is 1.01. The van der Waals surface area contributed by atoms with Crippen LogP contribution in [0.1, 0.15) is 5.56 Å². The lowest BCUT2D eigenvalue weighted by Gasteiger charge is -2.14. The molecule has 0 aliphatic rings. The summed E-state index contributed by atoms with van der Waals surface area (Å²) in [4.78, 5) is 27.2. The zero-order valence-corrected chi connectivity index (χ0v) is 19.8. The molecule has 5 aromatic rings. The number of fused-ring (bicyclic) bond motifs is 3.